The number of hydrogen-bond acceptors (Lipinski definition) is 7. The molecule has 2 aliphatic rings. The van der Waals surface area contributed by atoms with E-state index in [1.807, 2.05) is 6.07 Å². The van der Waals surface area contributed by atoms with Crippen molar-refractivity contribution in [2.24, 2.45) is 0 Å². The van der Waals surface area contributed by atoms with Crippen molar-refractivity contribution in [3.8, 4) is 11.5 Å². The predicted octanol–water partition coefficient (Wildman–Crippen LogP) is 2.96. The summed E-state index contributed by atoms with van der Waals surface area (Å²) in [6.07, 6.45) is -7.98. The number of fused-ring (bicyclic) bond motifs is 2. The molecule has 2 aromatic rings. The fourth-order valence-corrected chi connectivity index (χ4v) is 3.19. The largest absolute Gasteiger partial charge is 0.490 e. The highest BCUT2D eigenvalue weighted by Gasteiger charge is 2.38. The van der Waals surface area contributed by atoms with Crippen LogP contribution in [0, 0.1) is 0 Å². The van der Waals surface area contributed by atoms with Crippen LogP contribution in [0.5, 0.6) is 11.5 Å². The molecule has 0 amide bonds. The zero-order chi connectivity index (χ0) is 28.0. The van der Waals surface area contributed by atoms with Crippen molar-refractivity contribution in [1.29, 1.82) is 0 Å². The third-order valence-corrected chi connectivity index (χ3v) is 4.74. The average Bonchev–Trinajstić information content (AvgIpc) is 3.38. The van der Waals surface area contributed by atoms with Crippen LogP contribution in [0.2, 0.25) is 0 Å². The standard InChI is InChI=1S/C17H22N4O2.2C2HF3O2/c1-19(2)9-14-10-21-6-5-20(11-17(21)18-14)8-13-3-4-15-16(7-13)23-12-22-15;2*3-2(4,5)1(6)7/h3-4,7,10H,5-6,8-9,11-12H2,1-2H3;2*(H,6,7). The van der Waals surface area contributed by atoms with E-state index in [1.54, 1.807) is 0 Å². The van der Waals surface area contributed by atoms with Gasteiger partial charge in [0.1, 0.15) is 5.82 Å². The lowest BCUT2D eigenvalue weighted by Gasteiger charge is -2.27. The second-order valence-corrected chi connectivity index (χ2v) is 8.08. The summed E-state index contributed by atoms with van der Waals surface area (Å²) in [5.74, 6) is -2.65. The van der Waals surface area contributed by atoms with Gasteiger partial charge in [0.25, 0.3) is 0 Å². The van der Waals surface area contributed by atoms with Crippen LogP contribution in [-0.2, 0) is 35.8 Å². The maximum atomic E-state index is 10.6. The van der Waals surface area contributed by atoms with Crippen molar-refractivity contribution in [2.45, 2.75) is 38.5 Å². The number of carboxylic acid groups (broad SMARTS) is 2. The molecule has 16 heteroatoms. The van der Waals surface area contributed by atoms with Gasteiger partial charge in [-0.1, -0.05) is 6.07 Å². The highest BCUT2D eigenvalue weighted by Crippen LogP contribution is 2.33. The van der Waals surface area contributed by atoms with Crippen LogP contribution in [0.15, 0.2) is 24.4 Å². The van der Waals surface area contributed by atoms with E-state index in [-0.39, 0.29) is 0 Å². The van der Waals surface area contributed by atoms with Gasteiger partial charge in [-0.3, -0.25) is 4.90 Å². The van der Waals surface area contributed by atoms with Crippen molar-refractivity contribution in [3.05, 3.63) is 41.5 Å². The van der Waals surface area contributed by atoms with E-state index >= 15 is 0 Å². The van der Waals surface area contributed by atoms with Gasteiger partial charge in [-0.2, -0.15) is 26.3 Å². The number of alkyl halides is 6. The highest BCUT2D eigenvalue weighted by atomic mass is 19.4. The van der Waals surface area contributed by atoms with Gasteiger partial charge in [-0.15, -0.1) is 0 Å². The second kappa shape index (κ2) is 12.1. The normalized spacial score (nSPS) is 14.7. The molecule has 0 spiro atoms. The molecule has 1 aromatic heterocycles. The molecule has 1 aromatic carbocycles. The molecule has 37 heavy (non-hydrogen) atoms. The molecule has 10 nitrogen and oxygen atoms in total. The molecule has 3 heterocycles. The monoisotopic (exact) mass is 542 g/mol. The molecule has 0 saturated carbocycles. The number of rotatable bonds is 4. The highest BCUT2D eigenvalue weighted by molar-refractivity contribution is 5.73. The Balaban J connectivity index is 0.000000286. The molecule has 0 bridgehead atoms. The third-order valence-electron chi connectivity index (χ3n) is 4.74. The lowest BCUT2D eigenvalue weighted by atomic mass is 10.2. The SMILES string of the molecule is CN(C)Cc1cn2c(n1)CN(Cc1ccc3c(c1)OCO3)CC2.O=C(O)C(F)(F)F.O=C(O)C(F)(F)F. The van der Waals surface area contributed by atoms with Crippen LogP contribution >= 0.6 is 0 Å². The Morgan fingerprint density at radius 1 is 1.00 bits per heavy atom. The number of aliphatic carboxylic acids is 2. The van der Waals surface area contributed by atoms with Gasteiger partial charge in [-0.25, -0.2) is 14.6 Å². The summed E-state index contributed by atoms with van der Waals surface area (Å²) in [4.78, 5) is 27.1. The minimum Gasteiger partial charge on any atom is -0.475 e. The molecule has 0 radical (unpaired) electrons. The smallest absolute Gasteiger partial charge is 0.475 e. The number of nitrogens with zero attached hydrogens (tertiary/aromatic N) is 4. The lowest BCUT2D eigenvalue weighted by Crippen LogP contribution is -2.33. The van der Waals surface area contributed by atoms with E-state index in [9.17, 15) is 26.3 Å². The molecule has 4 rings (SSSR count). The topological polar surface area (TPSA) is 117 Å². The Hall–Kier alpha value is -3.53. The molecule has 0 fully saturated rings. The van der Waals surface area contributed by atoms with Gasteiger partial charge in [-0.05, 0) is 31.8 Å². The second-order valence-electron chi connectivity index (χ2n) is 8.08. The quantitative estimate of drug-likeness (QED) is 0.563. The molecule has 0 unspecified atom stereocenters. The summed E-state index contributed by atoms with van der Waals surface area (Å²) < 4.78 is 76.6. The minimum absolute atomic E-state index is 0.328. The van der Waals surface area contributed by atoms with E-state index in [1.165, 1.54) is 5.56 Å². The number of benzene rings is 1. The number of aromatic nitrogens is 2. The van der Waals surface area contributed by atoms with Crippen molar-refractivity contribution >= 4 is 11.9 Å². The van der Waals surface area contributed by atoms with E-state index < -0.39 is 24.3 Å². The Morgan fingerprint density at radius 2 is 1.57 bits per heavy atom. The van der Waals surface area contributed by atoms with Crippen LogP contribution in [0.4, 0.5) is 26.3 Å². The molecular weight excluding hydrogens is 518 g/mol. The number of carboxylic acids is 2. The Labute approximate surface area is 206 Å². The molecule has 0 atom stereocenters. The zero-order valence-corrected chi connectivity index (χ0v) is 19.6. The van der Waals surface area contributed by atoms with Crippen LogP contribution in [0.3, 0.4) is 0 Å². The third kappa shape index (κ3) is 9.45. The first-order valence-electron chi connectivity index (χ1n) is 10.5. The van der Waals surface area contributed by atoms with Crippen molar-refractivity contribution < 1.29 is 55.6 Å². The lowest BCUT2D eigenvalue weighted by molar-refractivity contribution is -0.193. The van der Waals surface area contributed by atoms with Gasteiger partial charge < -0.3 is 29.2 Å². The first-order valence-corrected chi connectivity index (χ1v) is 10.5. The summed E-state index contributed by atoms with van der Waals surface area (Å²) >= 11 is 0. The first kappa shape index (κ1) is 29.7. The molecule has 2 N–H and O–H groups in total. The number of carbonyl (C=O) groups is 2. The van der Waals surface area contributed by atoms with Crippen molar-refractivity contribution in [1.82, 2.24) is 19.4 Å². The van der Waals surface area contributed by atoms with Gasteiger partial charge in [0, 0.05) is 32.4 Å². The number of hydrogen-bond donors (Lipinski definition) is 2. The maximum Gasteiger partial charge on any atom is 0.490 e. The summed E-state index contributed by atoms with van der Waals surface area (Å²) in [6.45, 7) is 5.06. The Kier molecular flexibility index (Phi) is 9.74. The average molecular weight is 542 g/mol. The maximum absolute atomic E-state index is 10.6. The minimum atomic E-state index is -5.08. The predicted molar refractivity (Wildman–Crippen MR) is 114 cm³/mol. The van der Waals surface area contributed by atoms with Crippen molar-refractivity contribution in [2.75, 3.05) is 27.4 Å². The molecule has 206 valence electrons. The van der Waals surface area contributed by atoms with Crippen LogP contribution in [0.25, 0.3) is 0 Å². The summed E-state index contributed by atoms with van der Waals surface area (Å²) in [7, 11) is 4.15. The van der Waals surface area contributed by atoms with Crippen molar-refractivity contribution in [3.63, 3.8) is 0 Å². The number of halogens is 6. The number of ether oxygens (including phenoxy) is 2. The van der Waals surface area contributed by atoms with Gasteiger partial charge in [0.15, 0.2) is 11.5 Å². The fraction of sp³-hybridized carbons (Fsp3) is 0.476. The van der Waals surface area contributed by atoms with E-state index in [4.69, 9.17) is 34.3 Å². The van der Waals surface area contributed by atoms with Crippen LogP contribution < -0.4 is 9.47 Å². The fourth-order valence-electron chi connectivity index (χ4n) is 3.19. The molecular formula is C21H24F6N4O6. The van der Waals surface area contributed by atoms with E-state index in [2.05, 4.69) is 46.8 Å². The van der Waals surface area contributed by atoms with Crippen LogP contribution in [0.1, 0.15) is 17.1 Å². The molecule has 0 aliphatic carbocycles. The van der Waals surface area contributed by atoms with Gasteiger partial charge >= 0.3 is 24.3 Å². The van der Waals surface area contributed by atoms with Crippen LogP contribution in [-0.4, -0.2) is 81.3 Å². The number of imidazole rings is 1. The van der Waals surface area contributed by atoms with E-state index in [0.717, 1.165) is 55.7 Å². The Bertz CT molecular complexity index is 1060. The first-order chi connectivity index (χ1) is 17.1. The molecule has 2 aliphatic heterocycles. The van der Waals surface area contributed by atoms with Gasteiger partial charge in [0.05, 0.1) is 12.2 Å². The summed E-state index contributed by atoms with van der Waals surface area (Å²) in [5, 5.41) is 14.2. The van der Waals surface area contributed by atoms with E-state index in [0.29, 0.717) is 6.79 Å². The zero-order valence-electron chi connectivity index (χ0n) is 19.6. The van der Waals surface area contributed by atoms with Gasteiger partial charge in [0.2, 0.25) is 6.79 Å². The molecule has 0 saturated heterocycles. The Morgan fingerprint density at radius 3 is 2.11 bits per heavy atom. The summed E-state index contributed by atoms with van der Waals surface area (Å²) in [6, 6.07) is 6.20. The summed E-state index contributed by atoms with van der Waals surface area (Å²) in [5.41, 5.74) is 2.40.